The summed E-state index contributed by atoms with van der Waals surface area (Å²) >= 11 is 2.58. The van der Waals surface area contributed by atoms with Gasteiger partial charge in [0.15, 0.2) is 5.69 Å². The molecule has 0 aliphatic heterocycles. The molecule has 0 aliphatic rings. The van der Waals surface area contributed by atoms with Gasteiger partial charge in [-0.15, -0.1) is 0 Å². The molecule has 1 rings (SSSR count). The molecule has 0 amide bonds. The molecule has 0 saturated carbocycles. The summed E-state index contributed by atoms with van der Waals surface area (Å²) < 4.78 is 62.0. The average molecular weight is 320 g/mol. The van der Waals surface area contributed by atoms with Crippen LogP contribution < -0.4 is 0 Å². The van der Waals surface area contributed by atoms with Crippen molar-refractivity contribution in [3.63, 3.8) is 0 Å². The zero-order valence-corrected chi connectivity index (χ0v) is 9.31. The normalized spacial score (nSPS) is 11.9. The summed E-state index contributed by atoms with van der Waals surface area (Å²) in [6.45, 7) is 0. The van der Waals surface area contributed by atoms with Crippen LogP contribution in [0.3, 0.4) is 0 Å². The Hall–Kier alpha value is -1.25. The van der Waals surface area contributed by atoms with Gasteiger partial charge in [0.05, 0.1) is 5.56 Å². The van der Waals surface area contributed by atoms with Crippen molar-refractivity contribution in [2.45, 2.75) is 12.6 Å². The molecule has 0 aliphatic carbocycles. The maximum atomic E-state index is 12.5. The van der Waals surface area contributed by atoms with Crippen molar-refractivity contribution in [2.24, 2.45) is 0 Å². The van der Waals surface area contributed by atoms with Gasteiger partial charge in [-0.3, -0.25) is 0 Å². The van der Waals surface area contributed by atoms with E-state index in [0.717, 1.165) is 0 Å². The summed E-state index contributed by atoms with van der Waals surface area (Å²) in [4.78, 5) is 13.6. The Morgan fingerprint density at radius 3 is 2.29 bits per heavy atom. The Morgan fingerprint density at radius 2 is 1.94 bits per heavy atom. The largest absolute Gasteiger partial charge is 0.476 e. The molecule has 1 aromatic heterocycles. The minimum atomic E-state index is -5.22. The molecule has 94 valence electrons. The number of rotatable bonds is 2. The van der Waals surface area contributed by atoms with Crippen LogP contribution in [0.25, 0.3) is 0 Å². The minimum absolute atomic E-state index is 0.404. The highest BCUT2D eigenvalue weighted by molar-refractivity contribution is 9.10. The smallest absolute Gasteiger partial charge is 0.419 e. The van der Waals surface area contributed by atoms with E-state index in [0.29, 0.717) is 6.07 Å². The molecular formula is C8H3BrF5NO2. The van der Waals surface area contributed by atoms with Crippen LogP contribution in [0.5, 0.6) is 0 Å². The van der Waals surface area contributed by atoms with Crippen LogP contribution in [-0.4, -0.2) is 16.1 Å². The Labute approximate surface area is 99.4 Å². The maximum absolute atomic E-state index is 12.5. The summed E-state index contributed by atoms with van der Waals surface area (Å²) in [5.74, 6) is -2.03. The molecule has 1 N–H and O–H groups in total. The van der Waals surface area contributed by atoms with E-state index in [2.05, 4.69) is 20.9 Å². The number of hydrogen-bond acceptors (Lipinski definition) is 2. The van der Waals surface area contributed by atoms with E-state index in [-0.39, 0.29) is 0 Å². The second-order valence-corrected chi connectivity index (χ2v) is 3.67. The lowest BCUT2D eigenvalue weighted by Crippen LogP contribution is -2.18. The molecule has 0 fully saturated rings. The Kier molecular flexibility index (Phi) is 3.70. The summed E-state index contributed by atoms with van der Waals surface area (Å²) in [5, 5.41) is 8.53. The number of pyridine rings is 1. The Balaban J connectivity index is 3.66. The van der Waals surface area contributed by atoms with Gasteiger partial charge in [-0.25, -0.2) is 18.6 Å². The zero-order chi connectivity index (χ0) is 13.4. The molecule has 17 heavy (non-hydrogen) atoms. The third-order valence-electron chi connectivity index (χ3n) is 1.74. The second kappa shape index (κ2) is 4.55. The van der Waals surface area contributed by atoms with Gasteiger partial charge in [0.2, 0.25) is 0 Å². The average Bonchev–Trinajstić information content (AvgIpc) is 2.14. The number of aromatic carboxylic acids is 1. The SMILES string of the molecule is O=C(O)c1nc(Br)cc(C(F)F)c1C(F)(F)F. The lowest BCUT2D eigenvalue weighted by Gasteiger charge is -2.14. The Bertz CT molecular complexity index is 460. The molecule has 0 unspecified atom stereocenters. The van der Waals surface area contributed by atoms with Crippen molar-refractivity contribution in [2.75, 3.05) is 0 Å². The van der Waals surface area contributed by atoms with Crippen LogP contribution in [0.15, 0.2) is 10.7 Å². The molecular weight excluding hydrogens is 317 g/mol. The lowest BCUT2D eigenvalue weighted by atomic mass is 10.1. The predicted molar refractivity (Wildman–Crippen MR) is 48.9 cm³/mol. The van der Waals surface area contributed by atoms with Gasteiger partial charge in [0.1, 0.15) is 4.60 Å². The third kappa shape index (κ3) is 2.90. The van der Waals surface area contributed by atoms with Gasteiger partial charge in [0, 0.05) is 5.56 Å². The number of carboxylic acids is 1. The van der Waals surface area contributed by atoms with Crippen molar-refractivity contribution >= 4 is 21.9 Å². The van der Waals surface area contributed by atoms with Crippen LogP contribution in [0, 0.1) is 0 Å². The van der Waals surface area contributed by atoms with Crippen LogP contribution in [-0.2, 0) is 6.18 Å². The molecule has 0 aromatic carbocycles. The fourth-order valence-corrected chi connectivity index (χ4v) is 1.58. The molecule has 0 saturated heterocycles. The first kappa shape index (κ1) is 13.8. The number of hydrogen-bond donors (Lipinski definition) is 1. The Morgan fingerprint density at radius 1 is 1.41 bits per heavy atom. The topological polar surface area (TPSA) is 50.2 Å². The van der Waals surface area contributed by atoms with E-state index in [9.17, 15) is 26.7 Å². The number of alkyl halides is 5. The molecule has 9 heteroatoms. The molecule has 0 radical (unpaired) electrons. The van der Waals surface area contributed by atoms with Crippen molar-refractivity contribution in [1.29, 1.82) is 0 Å². The molecule has 0 atom stereocenters. The molecule has 0 bridgehead atoms. The van der Waals surface area contributed by atoms with Gasteiger partial charge >= 0.3 is 12.1 Å². The van der Waals surface area contributed by atoms with Crippen LogP contribution >= 0.6 is 15.9 Å². The van der Waals surface area contributed by atoms with E-state index in [1.54, 1.807) is 0 Å². The standard InChI is InChI=1S/C8H3BrF5NO2/c9-3-1-2(6(10)11)4(8(12,13)14)5(15-3)7(16)17/h1,6H,(H,16,17). The van der Waals surface area contributed by atoms with Crippen LogP contribution in [0.4, 0.5) is 22.0 Å². The van der Waals surface area contributed by atoms with E-state index < -0.39 is 40.0 Å². The minimum Gasteiger partial charge on any atom is -0.476 e. The summed E-state index contributed by atoms with van der Waals surface area (Å²) in [7, 11) is 0. The van der Waals surface area contributed by atoms with Gasteiger partial charge in [-0.05, 0) is 22.0 Å². The van der Waals surface area contributed by atoms with Gasteiger partial charge in [0.25, 0.3) is 6.43 Å². The number of halogens is 6. The van der Waals surface area contributed by atoms with Gasteiger partial charge in [-0.2, -0.15) is 13.2 Å². The van der Waals surface area contributed by atoms with Crippen molar-refractivity contribution in [1.82, 2.24) is 4.98 Å². The fraction of sp³-hybridized carbons (Fsp3) is 0.250. The predicted octanol–water partition coefficient (Wildman–Crippen LogP) is 3.50. The third-order valence-corrected chi connectivity index (χ3v) is 2.15. The molecule has 1 heterocycles. The first-order valence-corrected chi connectivity index (χ1v) is 4.73. The number of carbonyl (C=O) groups is 1. The quantitative estimate of drug-likeness (QED) is 0.670. The van der Waals surface area contributed by atoms with Gasteiger partial charge in [-0.1, -0.05) is 0 Å². The van der Waals surface area contributed by atoms with E-state index >= 15 is 0 Å². The van der Waals surface area contributed by atoms with Crippen LogP contribution in [0.2, 0.25) is 0 Å². The molecule has 0 spiro atoms. The molecule has 1 aromatic rings. The van der Waals surface area contributed by atoms with Crippen molar-refractivity contribution in [3.8, 4) is 0 Å². The number of nitrogens with zero attached hydrogens (tertiary/aromatic N) is 1. The van der Waals surface area contributed by atoms with E-state index in [1.807, 2.05) is 0 Å². The van der Waals surface area contributed by atoms with E-state index in [4.69, 9.17) is 5.11 Å². The highest BCUT2D eigenvalue weighted by atomic mass is 79.9. The van der Waals surface area contributed by atoms with Crippen molar-refractivity contribution in [3.05, 3.63) is 27.5 Å². The number of aromatic nitrogens is 1. The highest BCUT2D eigenvalue weighted by Crippen LogP contribution is 2.39. The van der Waals surface area contributed by atoms with E-state index in [1.165, 1.54) is 0 Å². The summed E-state index contributed by atoms with van der Waals surface area (Å²) in [6.07, 6.45) is -8.67. The lowest BCUT2D eigenvalue weighted by molar-refractivity contribution is -0.140. The summed E-state index contributed by atoms with van der Waals surface area (Å²) in [6, 6.07) is 0.444. The highest BCUT2D eigenvalue weighted by Gasteiger charge is 2.41. The zero-order valence-electron chi connectivity index (χ0n) is 7.73. The fourth-order valence-electron chi connectivity index (χ4n) is 1.16. The summed E-state index contributed by atoms with van der Waals surface area (Å²) in [5.41, 5.74) is -4.80. The monoisotopic (exact) mass is 319 g/mol. The maximum Gasteiger partial charge on any atom is 0.419 e. The van der Waals surface area contributed by atoms with Gasteiger partial charge < -0.3 is 5.11 Å². The van der Waals surface area contributed by atoms with Crippen LogP contribution in [0.1, 0.15) is 28.0 Å². The molecule has 3 nitrogen and oxygen atoms in total. The van der Waals surface area contributed by atoms with Crippen molar-refractivity contribution < 1.29 is 31.9 Å². The first-order chi connectivity index (χ1) is 7.64. The number of carboxylic acid groups (broad SMARTS) is 1. The second-order valence-electron chi connectivity index (χ2n) is 2.86. The first-order valence-electron chi connectivity index (χ1n) is 3.93.